The summed E-state index contributed by atoms with van der Waals surface area (Å²) in [6, 6.07) is 8.17. The van der Waals surface area contributed by atoms with Crippen LogP contribution in [0.2, 0.25) is 0 Å². The average Bonchev–Trinajstić information content (AvgIpc) is 2.91. The van der Waals surface area contributed by atoms with Crippen LogP contribution in [-0.2, 0) is 23.2 Å². The second kappa shape index (κ2) is 8.14. The van der Waals surface area contributed by atoms with Gasteiger partial charge in [-0.1, -0.05) is 24.3 Å². The number of carbonyl (C=O) groups excluding carboxylic acids is 1. The lowest BCUT2D eigenvalue weighted by atomic mass is 9.99. The molecule has 1 aliphatic rings. The molecule has 2 aromatic rings. The summed E-state index contributed by atoms with van der Waals surface area (Å²) in [5.41, 5.74) is 2.26. The number of piperidine rings is 1. The number of aryl methyl sites for hydroxylation is 1. The Morgan fingerprint density at radius 2 is 2.15 bits per heavy atom. The smallest absolute Gasteiger partial charge is 0.310 e. The second-order valence-corrected chi connectivity index (χ2v) is 7.15. The highest BCUT2D eigenvalue weighted by atomic mass is 32.1. The van der Waals surface area contributed by atoms with E-state index in [1.807, 2.05) is 35.4 Å². The molecule has 1 atom stereocenters. The van der Waals surface area contributed by atoms with Gasteiger partial charge in [-0.05, 0) is 51.0 Å². The Morgan fingerprint density at radius 1 is 1.38 bits per heavy atom. The van der Waals surface area contributed by atoms with Gasteiger partial charge in [0.1, 0.15) is 0 Å². The summed E-state index contributed by atoms with van der Waals surface area (Å²) < 4.78 is 9.67. The summed E-state index contributed by atoms with van der Waals surface area (Å²) in [6.07, 6.45) is 1.87. The predicted octanol–water partition coefficient (Wildman–Crippen LogP) is 3.16. The molecule has 0 spiro atoms. The number of hydrogen-bond acceptors (Lipinski definition) is 5. The van der Waals surface area contributed by atoms with Crippen LogP contribution in [0.25, 0.3) is 11.4 Å². The number of esters is 1. The maximum absolute atomic E-state index is 12.0. The minimum atomic E-state index is -0.0950. The standard InChI is InChI=1S/C19H26N4O2S/c1-4-25-18(24)15-9-7-11-22(12-15)13-23-19(26)21(3)17(20-23)16-10-6-5-8-14(16)2/h5-6,8,10,15H,4,7,9,11-13H2,1-3H3/t15-/m1/s1. The summed E-state index contributed by atoms with van der Waals surface area (Å²) in [6.45, 7) is 6.57. The van der Waals surface area contributed by atoms with Crippen molar-refractivity contribution in [3.8, 4) is 11.4 Å². The molecule has 0 unspecified atom stereocenters. The zero-order valence-corrected chi connectivity index (χ0v) is 16.5. The Labute approximate surface area is 159 Å². The van der Waals surface area contributed by atoms with Gasteiger partial charge in [-0.15, -0.1) is 0 Å². The highest BCUT2D eigenvalue weighted by molar-refractivity contribution is 7.71. The Balaban J connectivity index is 1.79. The molecule has 0 radical (unpaired) electrons. The SMILES string of the molecule is CCOC(=O)[C@@H]1CCCN(Cn2nc(-c3ccccc3C)n(C)c2=S)C1. The molecule has 1 aliphatic heterocycles. The van der Waals surface area contributed by atoms with Crippen LogP contribution in [0.4, 0.5) is 0 Å². The van der Waals surface area contributed by atoms with Crippen molar-refractivity contribution in [2.75, 3.05) is 19.7 Å². The molecule has 0 amide bonds. The van der Waals surface area contributed by atoms with Gasteiger partial charge in [-0.25, -0.2) is 4.68 Å². The first-order valence-corrected chi connectivity index (χ1v) is 9.51. The third-order valence-corrected chi connectivity index (χ3v) is 5.37. The van der Waals surface area contributed by atoms with Crippen molar-refractivity contribution < 1.29 is 9.53 Å². The number of benzene rings is 1. The van der Waals surface area contributed by atoms with Gasteiger partial charge in [0.05, 0.1) is 19.2 Å². The molecule has 26 heavy (non-hydrogen) atoms. The average molecular weight is 375 g/mol. The monoisotopic (exact) mass is 374 g/mol. The first-order valence-electron chi connectivity index (χ1n) is 9.10. The summed E-state index contributed by atoms with van der Waals surface area (Å²) in [5, 5.41) is 4.76. The topological polar surface area (TPSA) is 52.3 Å². The van der Waals surface area contributed by atoms with Crippen LogP contribution in [0.5, 0.6) is 0 Å². The molecule has 2 heterocycles. The molecule has 1 aromatic carbocycles. The molecular formula is C19H26N4O2S. The minimum absolute atomic E-state index is 0.0579. The zero-order chi connectivity index (χ0) is 18.7. The van der Waals surface area contributed by atoms with E-state index in [1.165, 1.54) is 5.56 Å². The van der Waals surface area contributed by atoms with E-state index in [0.29, 0.717) is 24.6 Å². The van der Waals surface area contributed by atoms with Crippen molar-refractivity contribution in [1.29, 1.82) is 0 Å². The van der Waals surface area contributed by atoms with Crippen LogP contribution in [-0.4, -0.2) is 44.9 Å². The number of likely N-dealkylation sites (tertiary alicyclic amines) is 1. The van der Waals surface area contributed by atoms with E-state index in [2.05, 4.69) is 24.0 Å². The molecule has 3 rings (SSSR count). The summed E-state index contributed by atoms with van der Waals surface area (Å²) in [7, 11) is 1.95. The van der Waals surface area contributed by atoms with Crippen LogP contribution < -0.4 is 0 Å². The number of ether oxygens (including phenoxy) is 1. The van der Waals surface area contributed by atoms with E-state index in [1.54, 1.807) is 0 Å². The molecule has 6 nitrogen and oxygen atoms in total. The molecular weight excluding hydrogens is 348 g/mol. The Morgan fingerprint density at radius 3 is 2.88 bits per heavy atom. The van der Waals surface area contributed by atoms with Gasteiger partial charge in [-0.3, -0.25) is 9.69 Å². The van der Waals surface area contributed by atoms with Crippen LogP contribution in [0.3, 0.4) is 0 Å². The van der Waals surface area contributed by atoms with Crippen molar-refractivity contribution in [1.82, 2.24) is 19.2 Å². The van der Waals surface area contributed by atoms with Gasteiger partial charge in [0, 0.05) is 19.2 Å². The van der Waals surface area contributed by atoms with Crippen LogP contribution in [0, 0.1) is 17.6 Å². The van der Waals surface area contributed by atoms with Crippen LogP contribution in [0.1, 0.15) is 25.3 Å². The van der Waals surface area contributed by atoms with Crippen molar-refractivity contribution in [2.24, 2.45) is 13.0 Å². The lowest BCUT2D eigenvalue weighted by Gasteiger charge is -2.31. The number of aromatic nitrogens is 3. The molecule has 0 N–H and O–H groups in total. The molecule has 7 heteroatoms. The van der Waals surface area contributed by atoms with E-state index < -0.39 is 0 Å². The van der Waals surface area contributed by atoms with Crippen molar-refractivity contribution in [3.63, 3.8) is 0 Å². The Hall–Kier alpha value is -1.99. The van der Waals surface area contributed by atoms with Crippen molar-refractivity contribution in [2.45, 2.75) is 33.4 Å². The molecule has 1 saturated heterocycles. The third kappa shape index (κ3) is 3.88. The second-order valence-electron chi connectivity index (χ2n) is 6.79. The fourth-order valence-corrected chi connectivity index (χ4v) is 3.65. The first kappa shape index (κ1) is 18.8. The normalized spacial score (nSPS) is 18.0. The fraction of sp³-hybridized carbons (Fsp3) is 0.526. The maximum Gasteiger partial charge on any atom is 0.310 e. The summed E-state index contributed by atoms with van der Waals surface area (Å²) >= 11 is 5.59. The molecule has 1 aromatic heterocycles. The van der Waals surface area contributed by atoms with E-state index in [9.17, 15) is 4.79 Å². The minimum Gasteiger partial charge on any atom is -0.466 e. The fourth-order valence-electron chi connectivity index (χ4n) is 3.46. The molecule has 0 bridgehead atoms. The zero-order valence-electron chi connectivity index (χ0n) is 15.6. The number of hydrogen-bond donors (Lipinski definition) is 0. The van der Waals surface area contributed by atoms with Crippen molar-refractivity contribution >= 4 is 18.2 Å². The Kier molecular flexibility index (Phi) is 5.88. The van der Waals surface area contributed by atoms with Crippen LogP contribution >= 0.6 is 12.2 Å². The quantitative estimate of drug-likeness (QED) is 0.594. The van der Waals surface area contributed by atoms with Gasteiger partial charge in [0.15, 0.2) is 10.6 Å². The van der Waals surface area contributed by atoms with E-state index >= 15 is 0 Å². The van der Waals surface area contributed by atoms with E-state index in [-0.39, 0.29) is 11.9 Å². The summed E-state index contributed by atoms with van der Waals surface area (Å²) in [4.78, 5) is 14.3. The number of carbonyl (C=O) groups is 1. The maximum atomic E-state index is 12.0. The molecule has 0 saturated carbocycles. The van der Waals surface area contributed by atoms with Crippen LogP contribution in [0.15, 0.2) is 24.3 Å². The highest BCUT2D eigenvalue weighted by Crippen LogP contribution is 2.22. The molecule has 1 fully saturated rings. The third-order valence-electron chi connectivity index (χ3n) is 4.89. The number of rotatable bonds is 5. The summed E-state index contributed by atoms with van der Waals surface area (Å²) in [5.74, 6) is 0.715. The van der Waals surface area contributed by atoms with E-state index in [0.717, 1.165) is 30.8 Å². The molecule has 140 valence electrons. The lowest BCUT2D eigenvalue weighted by Crippen LogP contribution is -2.40. The highest BCUT2D eigenvalue weighted by Gasteiger charge is 2.27. The first-order chi connectivity index (χ1) is 12.5. The predicted molar refractivity (Wildman–Crippen MR) is 103 cm³/mol. The van der Waals surface area contributed by atoms with Gasteiger partial charge >= 0.3 is 5.97 Å². The largest absolute Gasteiger partial charge is 0.466 e. The van der Waals surface area contributed by atoms with Gasteiger partial charge in [-0.2, -0.15) is 5.10 Å². The van der Waals surface area contributed by atoms with Gasteiger partial charge < -0.3 is 9.30 Å². The lowest BCUT2D eigenvalue weighted by molar-refractivity contribution is -0.150. The van der Waals surface area contributed by atoms with E-state index in [4.69, 9.17) is 22.1 Å². The molecule has 0 aliphatic carbocycles. The number of nitrogens with zero attached hydrogens (tertiary/aromatic N) is 4. The van der Waals surface area contributed by atoms with Gasteiger partial charge in [0.2, 0.25) is 0 Å². The van der Waals surface area contributed by atoms with Crippen molar-refractivity contribution in [3.05, 3.63) is 34.6 Å². The van der Waals surface area contributed by atoms with Gasteiger partial charge in [0.25, 0.3) is 0 Å². The Bertz CT molecular complexity index is 842.